The highest BCUT2D eigenvalue weighted by Gasteiger charge is 2.23. The fourth-order valence-corrected chi connectivity index (χ4v) is 3.68. The molecule has 3 rings (SSSR count). The van der Waals surface area contributed by atoms with Crippen LogP contribution in [0.1, 0.15) is 85.8 Å². The van der Waals surface area contributed by atoms with Gasteiger partial charge in [-0.05, 0) is 50.3 Å². The minimum atomic E-state index is -0.266. The number of aromatic nitrogens is 3. The van der Waals surface area contributed by atoms with Gasteiger partial charge in [-0.25, -0.2) is 4.79 Å². The third-order valence-corrected chi connectivity index (χ3v) is 5.30. The molecule has 6 heteroatoms. The molecule has 28 heavy (non-hydrogen) atoms. The molecular weight excluding hydrogens is 354 g/mol. The second kappa shape index (κ2) is 9.82. The Kier molecular flexibility index (Phi) is 7.20. The van der Waals surface area contributed by atoms with Gasteiger partial charge in [0.25, 0.3) is 0 Å². The Bertz CT molecular complexity index is 770. The lowest BCUT2D eigenvalue weighted by Crippen LogP contribution is -2.14. The second-order valence-electron chi connectivity index (χ2n) is 7.65. The van der Waals surface area contributed by atoms with Crippen LogP contribution in [0.4, 0.5) is 0 Å². The van der Waals surface area contributed by atoms with Gasteiger partial charge in [0.1, 0.15) is 11.8 Å². The summed E-state index contributed by atoms with van der Waals surface area (Å²) < 4.78 is 13.5. The van der Waals surface area contributed by atoms with Gasteiger partial charge < -0.3 is 9.47 Å². The highest BCUT2D eigenvalue weighted by atomic mass is 16.5. The summed E-state index contributed by atoms with van der Waals surface area (Å²) in [6.45, 7) is 4.50. The fourth-order valence-electron chi connectivity index (χ4n) is 3.68. The van der Waals surface area contributed by atoms with Crippen LogP contribution in [0.5, 0.6) is 0 Å². The van der Waals surface area contributed by atoms with E-state index in [0.717, 1.165) is 43.4 Å². The lowest BCUT2D eigenvalue weighted by molar-refractivity contribution is 0.0274. The van der Waals surface area contributed by atoms with E-state index in [9.17, 15) is 4.79 Å². The summed E-state index contributed by atoms with van der Waals surface area (Å²) in [6.07, 6.45) is 7.29. The Morgan fingerprint density at radius 2 is 2.04 bits per heavy atom. The largest absolute Gasteiger partial charge is 0.459 e. The number of esters is 1. The molecule has 0 spiro atoms. The summed E-state index contributed by atoms with van der Waals surface area (Å²) in [5, 5.41) is 8.55. The zero-order valence-electron chi connectivity index (χ0n) is 17.2. The van der Waals surface area contributed by atoms with Crippen molar-refractivity contribution in [2.45, 2.75) is 77.6 Å². The Balaban J connectivity index is 1.60. The summed E-state index contributed by atoms with van der Waals surface area (Å²) in [4.78, 5) is 12.2. The summed E-state index contributed by atoms with van der Waals surface area (Å²) in [5.41, 5.74) is 3.77. The molecule has 6 nitrogen and oxygen atoms in total. The maximum Gasteiger partial charge on any atom is 0.338 e. The maximum absolute atomic E-state index is 12.2. The van der Waals surface area contributed by atoms with Gasteiger partial charge in [-0.2, -0.15) is 0 Å². The molecule has 0 fully saturated rings. The van der Waals surface area contributed by atoms with Gasteiger partial charge in [0.05, 0.1) is 24.0 Å². The number of aryl methyl sites for hydroxylation is 1. The molecule has 1 aliphatic rings. The molecule has 0 bridgehead atoms. The third-order valence-electron chi connectivity index (χ3n) is 5.30. The predicted octanol–water partition coefficient (Wildman–Crippen LogP) is 4.53. The predicted molar refractivity (Wildman–Crippen MR) is 107 cm³/mol. The molecule has 2 atom stereocenters. The van der Waals surface area contributed by atoms with E-state index in [0.29, 0.717) is 12.2 Å². The van der Waals surface area contributed by atoms with Crippen LogP contribution in [-0.4, -0.2) is 27.1 Å². The topological polar surface area (TPSA) is 66.2 Å². The summed E-state index contributed by atoms with van der Waals surface area (Å²) in [5.74, 6) is -0.266. The summed E-state index contributed by atoms with van der Waals surface area (Å²) in [7, 11) is 1.95. The van der Waals surface area contributed by atoms with E-state index in [1.807, 2.05) is 42.9 Å². The highest BCUT2D eigenvalue weighted by Crippen LogP contribution is 2.29. The number of fused-ring (bicyclic) bond motifs is 1. The van der Waals surface area contributed by atoms with Crippen molar-refractivity contribution in [2.75, 3.05) is 0 Å². The first kappa shape index (κ1) is 20.5. The summed E-state index contributed by atoms with van der Waals surface area (Å²) >= 11 is 0. The van der Waals surface area contributed by atoms with Crippen LogP contribution < -0.4 is 0 Å². The van der Waals surface area contributed by atoms with Crippen LogP contribution in [0, 0.1) is 0 Å². The number of hydrogen-bond acceptors (Lipinski definition) is 5. The minimum Gasteiger partial charge on any atom is -0.459 e. The van der Waals surface area contributed by atoms with Crippen molar-refractivity contribution < 1.29 is 14.3 Å². The molecule has 1 heterocycles. The number of carbonyl (C=O) groups is 1. The van der Waals surface area contributed by atoms with Crippen LogP contribution in [0.3, 0.4) is 0 Å². The SMILES string of the molecule is CCCC(C)OC(=O)c1ccc(COC2CCCCCc3c2nnn3C)cc1. The Morgan fingerprint density at radius 1 is 1.25 bits per heavy atom. The van der Waals surface area contributed by atoms with Crippen molar-refractivity contribution >= 4 is 5.97 Å². The average Bonchev–Trinajstić information content (AvgIpc) is 3.01. The zero-order valence-corrected chi connectivity index (χ0v) is 17.2. The Labute approximate surface area is 167 Å². The first-order chi connectivity index (χ1) is 13.6. The molecule has 0 N–H and O–H groups in total. The molecule has 152 valence electrons. The van der Waals surface area contributed by atoms with Crippen molar-refractivity contribution in [3.05, 3.63) is 46.8 Å². The van der Waals surface area contributed by atoms with E-state index < -0.39 is 0 Å². The Hall–Kier alpha value is -2.21. The lowest BCUT2D eigenvalue weighted by atomic mass is 9.99. The smallest absolute Gasteiger partial charge is 0.338 e. The maximum atomic E-state index is 12.2. The van der Waals surface area contributed by atoms with Crippen LogP contribution in [0.25, 0.3) is 0 Å². The lowest BCUT2D eigenvalue weighted by Gasteiger charge is -2.20. The highest BCUT2D eigenvalue weighted by molar-refractivity contribution is 5.89. The fraction of sp³-hybridized carbons (Fsp3) is 0.591. The number of rotatable bonds is 7. The zero-order chi connectivity index (χ0) is 19.9. The normalized spacial score (nSPS) is 18.0. The van der Waals surface area contributed by atoms with Gasteiger partial charge in [-0.1, -0.05) is 43.5 Å². The average molecular weight is 386 g/mol. The van der Waals surface area contributed by atoms with Gasteiger partial charge in [0.2, 0.25) is 0 Å². The van der Waals surface area contributed by atoms with Gasteiger partial charge >= 0.3 is 5.97 Å². The monoisotopic (exact) mass is 385 g/mol. The first-order valence-electron chi connectivity index (χ1n) is 10.4. The van der Waals surface area contributed by atoms with Crippen LogP contribution in [0.15, 0.2) is 24.3 Å². The molecule has 0 aliphatic heterocycles. The van der Waals surface area contributed by atoms with Crippen molar-refractivity contribution in [3.63, 3.8) is 0 Å². The van der Waals surface area contributed by atoms with Crippen molar-refractivity contribution in [3.8, 4) is 0 Å². The molecule has 0 saturated carbocycles. The molecule has 1 aromatic heterocycles. The van der Waals surface area contributed by atoms with E-state index in [-0.39, 0.29) is 18.2 Å². The Morgan fingerprint density at radius 3 is 2.79 bits per heavy atom. The molecule has 0 amide bonds. The van der Waals surface area contributed by atoms with Crippen LogP contribution in [-0.2, 0) is 29.5 Å². The van der Waals surface area contributed by atoms with Crippen LogP contribution in [0.2, 0.25) is 0 Å². The van der Waals surface area contributed by atoms with E-state index in [1.54, 1.807) is 0 Å². The number of nitrogens with zero attached hydrogens (tertiary/aromatic N) is 3. The number of hydrogen-bond donors (Lipinski definition) is 0. The third kappa shape index (κ3) is 5.19. The molecule has 2 aromatic rings. The van der Waals surface area contributed by atoms with Crippen molar-refractivity contribution in [2.24, 2.45) is 7.05 Å². The van der Waals surface area contributed by atoms with Crippen molar-refractivity contribution in [1.82, 2.24) is 15.0 Å². The molecular formula is C22H31N3O3. The molecule has 2 unspecified atom stereocenters. The van der Waals surface area contributed by atoms with E-state index >= 15 is 0 Å². The summed E-state index contributed by atoms with van der Waals surface area (Å²) in [6, 6.07) is 7.49. The van der Waals surface area contributed by atoms with Gasteiger partial charge in [-0.3, -0.25) is 4.68 Å². The second-order valence-corrected chi connectivity index (χ2v) is 7.65. The molecule has 0 saturated heterocycles. The first-order valence-corrected chi connectivity index (χ1v) is 10.4. The number of benzene rings is 1. The molecule has 1 aliphatic carbocycles. The van der Waals surface area contributed by atoms with Crippen LogP contribution >= 0.6 is 0 Å². The van der Waals surface area contributed by atoms with E-state index in [2.05, 4.69) is 17.2 Å². The van der Waals surface area contributed by atoms with Gasteiger partial charge in [0.15, 0.2) is 0 Å². The van der Waals surface area contributed by atoms with E-state index in [4.69, 9.17) is 9.47 Å². The van der Waals surface area contributed by atoms with Gasteiger partial charge in [-0.15, -0.1) is 5.10 Å². The minimum absolute atomic E-state index is 0.0245. The number of carbonyl (C=O) groups excluding carboxylic acids is 1. The number of ether oxygens (including phenoxy) is 2. The van der Waals surface area contributed by atoms with E-state index in [1.165, 1.54) is 18.5 Å². The molecule has 0 radical (unpaired) electrons. The quantitative estimate of drug-likeness (QED) is 0.655. The van der Waals surface area contributed by atoms with Crippen molar-refractivity contribution in [1.29, 1.82) is 0 Å². The standard InChI is InChI=1S/C22H31N3O3/c1-4-8-16(2)28-22(26)18-13-11-17(12-14-18)15-27-20-10-7-5-6-9-19-21(20)23-24-25(19)3/h11-14,16,20H,4-10,15H2,1-3H3. The van der Waals surface area contributed by atoms with Gasteiger partial charge in [0, 0.05) is 7.05 Å². The molecule has 1 aromatic carbocycles.